The first kappa shape index (κ1) is 8.79. The predicted molar refractivity (Wildman–Crippen MR) is 52.1 cm³/mol. The molecular formula is C11H19N2+. The molecule has 13 heavy (non-hydrogen) atoms. The van der Waals surface area contributed by atoms with Crippen molar-refractivity contribution < 1.29 is 4.57 Å². The molecule has 1 aliphatic carbocycles. The van der Waals surface area contributed by atoms with Gasteiger partial charge < -0.3 is 0 Å². The second-order valence-corrected chi connectivity index (χ2v) is 4.43. The Morgan fingerprint density at radius 2 is 2.08 bits per heavy atom. The van der Waals surface area contributed by atoms with E-state index in [-0.39, 0.29) is 0 Å². The highest BCUT2D eigenvalue weighted by Gasteiger charge is 2.19. The van der Waals surface area contributed by atoms with E-state index in [0.717, 1.165) is 11.8 Å². The first-order valence-electron chi connectivity index (χ1n) is 5.36. The van der Waals surface area contributed by atoms with Crippen molar-refractivity contribution in [1.29, 1.82) is 0 Å². The Labute approximate surface area is 80.0 Å². The van der Waals surface area contributed by atoms with Crippen molar-refractivity contribution in [2.75, 3.05) is 0 Å². The SMILES string of the molecule is CC1CCC(C[n+]2cc[nH]c2)CC1. The Morgan fingerprint density at radius 1 is 1.31 bits per heavy atom. The second-order valence-electron chi connectivity index (χ2n) is 4.43. The van der Waals surface area contributed by atoms with Gasteiger partial charge >= 0.3 is 0 Å². The van der Waals surface area contributed by atoms with E-state index in [4.69, 9.17) is 0 Å². The van der Waals surface area contributed by atoms with Crippen molar-refractivity contribution in [3.05, 3.63) is 18.7 Å². The van der Waals surface area contributed by atoms with E-state index in [2.05, 4.69) is 29.0 Å². The molecule has 0 saturated heterocycles. The number of nitrogens with one attached hydrogen (secondary N) is 1. The average Bonchev–Trinajstić information content (AvgIpc) is 2.62. The fourth-order valence-corrected chi connectivity index (χ4v) is 2.24. The molecule has 2 rings (SSSR count). The third-order valence-corrected chi connectivity index (χ3v) is 3.21. The third-order valence-electron chi connectivity index (χ3n) is 3.21. The maximum absolute atomic E-state index is 3.09. The molecule has 0 unspecified atom stereocenters. The summed E-state index contributed by atoms with van der Waals surface area (Å²) in [6.07, 6.45) is 11.9. The molecule has 2 nitrogen and oxygen atoms in total. The van der Waals surface area contributed by atoms with E-state index in [1.165, 1.54) is 32.2 Å². The van der Waals surface area contributed by atoms with E-state index in [9.17, 15) is 0 Å². The van der Waals surface area contributed by atoms with Gasteiger partial charge in [-0.25, -0.2) is 4.57 Å². The van der Waals surface area contributed by atoms with Crippen LogP contribution in [0.15, 0.2) is 18.7 Å². The molecule has 1 fully saturated rings. The maximum atomic E-state index is 3.09. The van der Waals surface area contributed by atoms with E-state index >= 15 is 0 Å². The van der Waals surface area contributed by atoms with Gasteiger partial charge in [-0.05, 0) is 24.7 Å². The van der Waals surface area contributed by atoms with Crippen LogP contribution < -0.4 is 4.57 Å². The molecular weight excluding hydrogens is 160 g/mol. The molecule has 1 aliphatic rings. The Bertz CT molecular complexity index is 233. The smallest absolute Gasteiger partial charge is 0.241 e. The second kappa shape index (κ2) is 3.95. The lowest BCUT2D eigenvalue weighted by molar-refractivity contribution is -0.702. The number of hydrogen-bond donors (Lipinski definition) is 1. The van der Waals surface area contributed by atoms with Gasteiger partial charge in [0.25, 0.3) is 0 Å². The van der Waals surface area contributed by atoms with Gasteiger partial charge in [-0.2, -0.15) is 0 Å². The van der Waals surface area contributed by atoms with Gasteiger partial charge in [0.15, 0.2) is 0 Å². The highest BCUT2D eigenvalue weighted by Crippen LogP contribution is 2.28. The van der Waals surface area contributed by atoms with Crippen LogP contribution in [-0.2, 0) is 6.54 Å². The van der Waals surface area contributed by atoms with Crippen LogP contribution in [0.3, 0.4) is 0 Å². The summed E-state index contributed by atoms with van der Waals surface area (Å²) in [5.41, 5.74) is 0. The lowest BCUT2D eigenvalue weighted by atomic mass is 9.83. The normalized spacial score (nSPS) is 29.0. The molecule has 0 aromatic carbocycles. The zero-order valence-corrected chi connectivity index (χ0v) is 8.37. The van der Waals surface area contributed by atoms with Gasteiger partial charge in [-0.15, -0.1) is 0 Å². The standard InChI is InChI=1S/C11H18N2/c1-10-2-4-11(5-3-10)8-13-7-6-12-9-13/h6-7,9-11H,2-5,8H2,1H3/p+1. The molecule has 1 N–H and O–H groups in total. The first-order chi connectivity index (χ1) is 6.34. The van der Waals surface area contributed by atoms with Crippen LogP contribution in [-0.4, -0.2) is 4.98 Å². The molecule has 1 heterocycles. The number of aromatic amines is 1. The van der Waals surface area contributed by atoms with E-state index < -0.39 is 0 Å². The summed E-state index contributed by atoms with van der Waals surface area (Å²) < 4.78 is 2.26. The number of aromatic nitrogens is 2. The molecule has 2 heteroatoms. The van der Waals surface area contributed by atoms with Crippen molar-refractivity contribution in [2.45, 2.75) is 39.2 Å². The zero-order valence-electron chi connectivity index (χ0n) is 8.37. The molecule has 72 valence electrons. The van der Waals surface area contributed by atoms with E-state index in [1.54, 1.807) is 0 Å². The van der Waals surface area contributed by atoms with Crippen LogP contribution in [0.1, 0.15) is 32.6 Å². The topological polar surface area (TPSA) is 19.7 Å². The molecule has 0 amide bonds. The molecule has 1 aromatic rings. The fourth-order valence-electron chi connectivity index (χ4n) is 2.24. The highest BCUT2D eigenvalue weighted by atomic mass is 15.0. The van der Waals surface area contributed by atoms with Crippen LogP contribution in [0.2, 0.25) is 0 Å². The van der Waals surface area contributed by atoms with Crippen molar-refractivity contribution in [2.24, 2.45) is 11.8 Å². The summed E-state index contributed by atoms with van der Waals surface area (Å²) in [6, 6.07) is 0. The number of rotatable bonds is 2. The Kier molecular flexibility index (Phi) is 2.67. The van der Waals surface area contributed by atoms with Gasteiger partial charge in [0.05, 0.1) is 6.54 Å². The highest BCUT2D eigenvalue weighted by molar-refractivity contribution is 4.67. The van der Waals surface area contributed by atoms with E-state index in [0.29, 0.717) is 0 Å². The van der Waals surface area contributed by atoms with Gasteiger partial charge in [0.2, 0.25) is 6.33 Å². The number of hydrogen-bond acceptors (Lipinski definition) is 0. The number of H-pyrrole nitrogens is 1. The number of nitrogens with zero attached hydrogens (tertiary/aromatic N) is 1. The molecule has 0 atom stereocenters. The molecule has 0 radical (unpaired) electrons. The van der Waals surface area contributed by atoms with Gasteiger partial charge in [-0.3, -0.25) is 4.98 Å². The van der Waals surface area contributed by atoms with Crippen LogP contribution in [0, 0.1) is 11.8 Å². The molecule has 1 aromatic heterocycles. The van der Waals surface area contributed by atoms with Gasteiger partial charge in [-0.1, -0.05) is 19.8 Å². The van der Waals surface area contributed by atoms with Crippen molar-refractivity contribution in [3.8, 4) is 0 Å². The Hall–Kier alpha value is -0.790. The maximum Gasteiger partial charge on any atom is 0.241 e. The minimum atomic E-state index is 0.914. The van der Waals surface area contributed by atoms with Crippen LogP contribution in [0.25, 0.3) is 0 Å². The summed E-state index contributed by atoms with van der Waals surface area (Å²) in [5, 5.41) is 0. The summed E-state index contributed by atoms with van der Waals surface area (Å²) in [5.74, 6) is 1.88. The van der Waals surface area contributed by atoms with Crippen LogP contribution in [0.4, 0.5) is 0 Å². The average molecular weight is 179 g/mol. The Balaban J connectivity index is 1.83. The molecule has 0 spiro atoms. The van der Waals surface area contributed by atoms with Crippen molar-refractivity contribution in [3.63, 3.8) is 0 Å². The van der Waals surface area contributed by atoms with E-state index in [1.807, 2.05) is 6.20 Å². The molecule has 1 saturated carbocycles. The zero-order chi connectivity index (χ0) is 9.10. The number of imidazole rings is 1. The summed E-state index contributed by atoms with van der Waals surface area (Å²) in [7, 11) is 0. The minimum absolute atomic E-state index is 0.914. The quantitative estimate of drug-likeness (QED) is 0.671. The van der Waals surface area contributed by atoms with Gasteiger partial charge in [0.1, 0.15) is 12.4 Å². The summed E-state index contributed by atoms with van der Waals surface area (Å²) in [6.45, 7) is 3.58. The first-order valence-corrected chi connectivity index (χ1v) is 5.36. The molecule has 0 aliphatic heterocycles. The van der Waals surface area contributed by atoms with Gasteiger partial charge in [0, 0.05) is 0 Å². The lowest BCUT2D eigenvalue weighted by Crippen LogP contribution is -2.36. The third kappa shape index (κ3) is 2.33. The predicted octanol–water partition coefficient (Wildman–Crippen LogP) is 2.13. The summed E-state index contributed by atoms with van der Waals surface area (Å²) in [4.78, 5) is 3.09. The lowest BCUT2D eigenvalue weighted by Gasteiger charge is -2.24. The van der Waals surface area contributed by atoms with Crippen molar-refractivity contribution in [1.82, 2.24) is 4.98 Å². The minimum Gasteiger partial charge on any atom is -0.250 e. The fraction of sp³-hybridized carbons (Fsp3) is 0.727. The monoisotopic (exact) mass is 179 g/mol. The van der Waals surface area contributed by atoms with Crippen LogP contribution >= 0.6 is 0 Å². The van der Waals surface area contributed by atoms with Crippen LogP contribution in [0.5, 0.6) is 0 Å². The molecule has 0 bridgehead atoms. The summed E-state index contributed by atoms with van der Waals surface area (Å²) >= 11 is 0. The van der Waals surface area contributed by atoms with Crippen molar-refractivity contribution >= 4 is 0 Å². The Morgan fingerprint density at radius 3 is 2.69 bits per heavy atom. The largest absolute Gasteiger partial charge is 0.250 e.